The van der Waals surface area contributed by atoms with Gasteiger partial charge in [-0.3, -0.25) is 4.79 Å². The fourth-order valence-corrected chi connectivity index (χ4v) is 3.50. The SMILES string of the molecule is CC(C)(CCCc1ccccc1)NCC(O)c1ccc(O)c2[nH]c(=O)ccc12. The number of pyridine rings is 1. The summed E-state index contributed by atoms with van der Waals surface area (Å²) in [6, 6.07) is 16.7. The molecule has 0 bridgehead atoms. The summed E-state index contributed by atoms with van der Waals surface area (Å²) in [4.78, 5) is 14.2. The van der Waals surface area contributed by atoms with Gasteiger partial charge in [0, 0.05) is 23.5 Å². The molecule has 5 heteroatoms. The summed E-state index contributed by atoms with van der Waals surface area (Å²) < 4.78 is 0. The summed E-state index contributed by atoms with van der Waals surface area (Å²) in [7, 11) is 0. The Labute approximate surface area is 165 Å². The van der Waals surface area contributed by atoms with Crippen molar-refractivity contribution in [1.29, 1.82) is 0 Å². The molecule has 1 heterocycles. The van der Waals surface area contributed by atoms with Crippen LogP contribution in [0.1, 0.15) is 43.9 Å². The first-order chi connectivity index (χ1) is 13.4. The highest BCUT2D eigenvalue weighted by atomic mass is 16.3. The zero-order chi connectivity index (χ0) is 20.1. The molecule has 0 saturated carbocycles. The van der Waals surface area contributed by atoms with E-state index in [4.69, 9.17) is 0 Å². The third-order valence-corrected chi connectivity index (χ3v) is 5.15. The summed E-state index contributed by atoms with van der Waals surface area (Å²) >= 11 is 0. The average molecular weight is 380 g/mol. The number of β-amino-alcohol motifs (C(OH)–C–C–N with tert-alkyl or cyclic N) is 1. The van der Waals surface area contributed by atoms with Crippen LogP contribution in [0.25, 0.3) is 10.9 Å². The third-order valence-electron chi connectivity index (χ3n) is 5.15. The average Bonchev–Trinajstić information content (AvgIpc) is 2.67. The lowest BCUT2D eigenvalue weighted by molar-refractivity contribution is 0.160. The van der Waals surface area contributed by atoms with Gasteiger partial charge < -0.3 is 20.5 Å². The van der Waals surface area contributed by atoms with E-state index in [9.17, 15) is 15.0 Å². The van der Waals surface area contributed by atoms with Gasteiger partial charge in [-0.15, -0.1) is 0 Å². The Morgan fingerprint density at radius 3 is 2.57 bits per heavy atom. The summed E-state index contributed by atoms with van der Waals surface area (Å²) in [6.07, 6.45) is 2.33. The molecule has 0 spiro atoms. The van der Waals surface area contributed by atoms with Gasteiger partial charge in [0.15, 0.2) is 0 Å². The Morgan fingerprint density at radius 2 is 1.82 bits per heavy atom. The van der Waals surface area contributed by atoms with Gasteiger partial charge in [-0.25, -0.2) is 0 Å². The number of aromatic nitrogens is 1. The van der Waals surface area contributed by atoms with Crippen molar-refractivity contribution < 1.29 is 10.2 Å². The molecule has 1 unspecified atom stereocenters. The van der Waals surface area contributed by atoms with Crippen LogP contribution in [0.2, 0.25) is 0 Å². The lowest BCUT2D eigenvalue weighted by Crippen LogP contribution is -2.41. The fraction of sp³-hybridized carbons (Fsp3) is 0.348. The predicted octanol–water partition coefficient (Wildman–Crippen LogP) is 3.66. The van der Waals surface area contributed by atoms with Crippen molar-refractivity contribution in [1.82, 2.24) is 10.3 Å². The summed E-state index contributed by atoms with van der Waals surface area (Å²) in [6.45, 7) is 4.66. The number of aromatic amines is 1. The highest BCUT2D eigenvalue weighted by molar-refractivity contribution is 5.87. The first-order valence-corrected chi connectivity index (χ1v) is 9.68. The standard InChI is InChI=1S/C23H28N2O3/c1-23(2,14-6-9-16-7-4-3-5-8-16)24-15-20(27)17-10-12-19(26)22-18(17)11-13-21(28)25-22/h3-5,7-8,10-13,20,24,26-27H,6,9,14-15H2,1-2H3,(H,25,28). The van der Waals surface area contributed by atoms with Gasteiger partial charge in [0.2, 0.25) is 5.56 Å². The third kappa shape index (κ3) is 5.00. The predicted molar refractivity (Wildman–Crippen MR) is 113 cm³/mol. The number of aliphatic hydroxyl groups is 1. The first kappa shape index (κ1) is 20.1. The molecule has 1 atom stereocenters. The van der Waals surface area contributed by atoms with Crippen LogP contribution >= 0.6 is 0 Å². The number of phenolic OH excluding ortho intramolecular Hbond substituents is 1. The minimum Gasteiger partial charge on any atom is -0.506 e. The molecule has 0 aliphatic carbocycles. The molecule has 0 fully saturated rings. The smallest absolute Gasteiger partial charge is 0.248 e. The van der Waals surface area contributed by atoms with E-state index in [0.717, 1.165) is 19.3 Å². The Kier molecular flexibility index (Phi) is 6.17. The molecule has 1 aromatic heterocycles. The molecule has 4 N–H and O–H groups in total. The number of benzene rings is 2. The normalized spacial score (nSPS) is 13.0. The molecule has 3 rings (SSSR count). The van der Waals surface area contributed by atoms with Crippen LogP contribution in [-0.2, 0) is 6.42 Å². The van der Waals surface area contributed by atoms with Gasteiger partial charge in [-0.1, -0.05) is 36.4 Å². The summed E-state index contributed by atoms with van der Waals surface area (Å²) in [5.74, 6) is -0.00199. The number of aliphatic hydroxyl groups excluding tert-OH is 1. The Balaban J connectivity index is 1.61. The van der Waals surface area contributed by atoms with Crippen molar-refractivity contribution in [3.05, 3.63) is 76.1 Å². The van der Waals surface area contributed by atoms with E-state index in [-0.39, 0.29) is 16.8 Å². The Bertz CT molecular complexity index is 980. The minimum atomic E-state index is -0.748. The van der Waals surface area contributed by atoms with Crippen LogP contribution in [-0.4, -0.2) is 27.3 Å². The number of hydrogen-bond donors (Lipinski definition) is 4. The van der Waals surface area contributed by atoms with E-state index in [0.29, 0.717) is 23.0 Å². The van der Waals surface area contributed by atoms with Crippen molar-refractivity contribution >= 4 is 10.9 Å². The molecular formula is C23H28N2O3. The molecule has 0 aliphatic heterocycles. The van der Waals surface area contributed by atoms with Gasteiger partial charge in [0.25, 0.3) is 0 Å². The first-order valence-electron chi connectivity index (χ1n) is 9.68. The molecule has 5 nitrogen and oxygen atoms in total. The van der Waals surface area contributed by atoms with Crippen LogP contribution < -0.4 is 10.9 Å². The maximum atomic E-state index is 11.5. The minimum absolute atomic E-state index is 0.00199. The highest BCUT2D eigenvalue weighted by Gasteiger charge is 2.20. The van der Waals surface area contributed by atoms with Gasteiger partial charge in [0.1, 0.15) is 5.75 Å². The molecule has 0 amide bonds. The number of hydrogen-bond acceptors (Lipinski definition) is 4. The van der Waals surface area contributed by atoms with Crippen molar-refractivity contribution in [3.8, 4) is 5.75 Å². The number of H-pyrrole nitrogens is 1. The largest absolute Gasteiger partial charge is 0.506 e. The molecule has 0 radical (unpaired) electrons. The van der Waals surface area contributed by atoms with Crippen LogP contribution in [0, 0.1) is 0 Å². The van der Waals surface area contributed by atoms with Crippen molar-refractivity contribution in [2.45, 2.75) is 44.8 Å². The maximum Gasteiger partial charge on any atom is 0.248 e. The zero-order valence-corrected chi connectivity index (χ0v) is 16.4. The fourth-order valence-electron chi connectivity index (χ4n) is 3.50. The molecular weight excluding hydrogens is 352 g/mol. The molecule has 28 heavy (non-hydrogen) atoms. The quantitative estimate of drug-likeness (QED) is 0.480. The van der Waals surface area contributed by atoms with E-state index in [1.54, 1.807) is 12.1 Å². The summed E-state index contributed by atoms with van der Waals surface area (Å²) in [5, 5.41) is 24.8. The second-order valence-electron chi connectivity index (χ2n) is 7.90. The number of aromatic hydroxyl groups is 1. The second-order valence-corrected chi connectivity index (χ2v) is 7.90. The Morgan fingerprint density at radius 1 is 1.07 bits per heavy atom. The zero-order valence-electron chi connectivity index (χ0n) is 16.4. The number of aryl methyl sites for hydroxylation is 1. The van der Waals surface area contributed by atoms with Crippen LogP contribution in [0.3, 0.4) is 0 Å². The lowest BCUT2D eigenvalue weighted by Gasteiger charge is -2.28. The van der Waals surface area contributed by atoms with Gasteiger partial charge >= 0.3 is 0 Å². The molecule has 0 aliphatic rings. The second kappa shape index (κ2) is 8.59. The number of phenols is 1. The van der Waals surface area contributed by atoms with Gasteiger partial charge in [-0.2, -0.15) is 0 Å². The summed E-state index contributed by atoms with van der Waals surface area (Å²) in [5.41, 5.74) is 1.97. The van der Waals surface area contributed by atoms with Crippen LogP contribution in [0.15, 0.2) is 59.4 Å². The molecule has 0 saturated heterocycles. The Hall–Kier alpha value is -2.63. The number of fused-ring (bicyclic) bond motifs is 1. The molecule has 2 aromatic carbocycles. The van der Waals surface area contributed by atoms with E-state index < -0.39 is 6.10 Å². The molecule has 3 aromatic rings. The lowest BCUT2D eigenvalue weighted by atomic mass is 9.94. The highest BCUT2D eigenvalue weighted by Crippen LogP contribution is 2.29. The topological polar surface area (TPSA) is 85.3 Å². The van der Waals surface area contributed by atoms with Crippen LogP contribution in [0.4, 0.5) is 0 Å². The number of rotatable bonds is 8. The monoisotopic (exact) mass is 380 g/mol. The van der Waals surface area contributed by atoms with E-state index >= 15 is 0 Å². The van der Waals surface area contributed by atoms with Crippen molar-refractivity contribution in [2.24, 2.45) is 0 Å². The van der Waals surface area contributed by atoms with E-state index in [2.05, 4.69) is 48.4 Å². The van der Waals surface area contributed by atoms with Gasteiger partial charge in [0.05, 0.1) is 11.6 Å². The van der Waals surface area contributed by atoms with Crippen molar-refractivity contribution in [3.63, 3.8) is 0 Å². The van der Waals surface area contributed by atoms with E-state index in [1.165, 1.54) is 17.7 Å². The van der Waals surface area contributed by atoms with Gasteiger partial charge in [-0.05, 0) is 56.4 Å². The molecule has 148 valence electrons. The van der Waals surface area contributed by atoms with Crippen molar-refractivity contribution in [2.75, 3.05) is 6.54 Å². The van der Waals surface area contributed by atoms with Crippen LogP contribution in [0.5, 0.6) is 5.75 Å². The maximum absolute atomic E-state index is 11.5. The van der Waals surface area contributed by atoms with E-state index in [1.807, 2.05) is 6.07 Å². The number of nitrogens with one attached hydrogen (secondary N) is 2.